The van der Waals surface area contributed by atoms with Crippen LogP contribution in [0.15, 0.2) is 0 Å². The quantitative estimate of drug-likeness (QED) is 0.0452. The molecule has 0 aliphatic carbocycles. The molecule has 4 heteroatoms. The molecule has 0 amide bonds. The van der Waals surface area contributed by atoms with Crippen molar-refractivity contribution in [3.63, 3.8) is 0 Å². The minimum absolute atomic E-state index is 0.0265. The summed E-state index contributed by atoms with van der Waals surface area (Å²) in [6.07, 6.45) is 59.3. The topological polar surface area (TPSA) is 52.6 Å². The van der Waals surface area contributed by atoms with Crippen LogP contribution in [0.1, 0.15) is 329 Å². The number of esters is 2. The summed E-state index contributed by atoms with van der Waals surface area (Å²) < 4.78 is 11.9. The van der Waals surface area contributed by atoms with Gasteiger partial charge in [-0.15, -0.1) is 0 Å². The van der Waals surface area contributed by atoms with E-state index in [4.69, 9.17) is 9.47 Å². The average Bonchev–Trinajstić information content (AvgIpc) is 3.25. The van der Waals surface area contributed by atoms with Crippen LogP contribution in [-0.4, -0.2) is 24.6 Å². The third kappa shape index (κ3) is 46.4. The highest BCUT2D eigenvalue weighted by atomic mass is 16.5. The summed E-state index contributed by atoms with van der Waals surface area (Å²) in [4.78, 5) is 25.4. The summed E-state index contributed by atoms with van der Waals surface area (Å²) in [6, 6.07) is 0. The van der Waals surface area contributed by atoms with Crippen molar-refractivity contribution in [1.82, 2.24) is 0 Å². The Morgan fingerprint density at radius 2 is 0.550 bits per heavy atom. The summed E-state index contributed by atoms with van der Waals surface area (Å²) in [5, 5.41) is 0. The fourth-order valence-electron chi connectivity index (χ4n) is 9.02. The predicted molar refractivity (Wildman–Crippen MR) is 264 cm³/mol. The Labute approximate surface area is 377 Å². The molecule has 4 nitrogen and oxygen atoms in total. The van der Waals surface area contributed by atoms with Crippen LogP contribution in [0.4, 0.5) is 0 Å². The molecule has 0 fully saturated rings. The SMILES string of the molecule is CCCCCCCCCCCCCCCCCC(=O)O[C@H](CCCCCC)CCCCCCCCCCC(=O)OC[C@H](CCCCCCCC)CCCCCCCCCC. The molecule has 0 unspecified atom stereocenters. The van der Waals surface area contributed by atoms with Crippen molar-refractivity contribution in [3.8, 4) is 0 Å². The molecule has 0 aromatic heterocycles. The standard InChI is InChI=1S/C56H110O4/c1-5-9-13-17-20-22-23-24-25-26-27-28-34-39-45-51-56(58)60-54(48-42-16-12-8-4)49-43-37-32-29-30-33-38-44-50-55(57)59-52-53(46-40-35-19-15-11-7-3)47-41-36-31-21-18-14-10-6-2/h53-54H,5-52H2,1-4H3/t53-,54-/m1/s1. The van der Waals surface area contributed by atoms with Gasteiger partial charge in [0.25, 0.3) is 0 Å². The Bertz CT molecular complexity index is 841. The zero-order chi connectivity index (χ0) is 43.7. The van der Waals surface area contributed by atoms with Crippen LogP contribution >= 0.6 is 0 Å². The Morgan fingerprint density at radius 1 is 0.300 bits per heavy atom. The van der Waals surface area contributed by atoms with E-state index in [2.05, 4.69) is 27.7 Å². The second-order valence-electron chi connectivity index (χ2n) is 19.4. The van der Waals surface area contributed by atoms with Gasteiger partial charge in [-0.25, -0.2) is 0 Å². The number of hydrogen-bond acceptors (Lipinski definition) is 4. The van der Waals surface area contributed by atoms with Gasteiger partial charge in [0.15, 0.2) is 0 Å². The largest absolute Gasteiger partial charge is 0.465 e. The predicted octanol–water partition coefficient (Wildman–Crippen LogP) is 19.5. The third-order valence-corrected chi connectivity index (χ3v) is 13.2. The first kappa shape index (κ1) is 58.9. The lowest BCUT2D eigenvalue weighted by Crippen LogP contribution is -2.18. The average molecular weight is 847 g/mol. The molecule has 60 heavy (non-hydrogen) atoms. The fourth-order valence-corrected chi connectivity index (χ4v) is 9.02. The van der Waals surface area contributed by atoms with Gasteiger partial charge in [-0.3, -0.25) is 9.59 Å². The lowest BCUT2D eigenvalue weighted by Gasteiger charge is -2.18. The maximum absolute atomic E-state index is 12.8. The van der Waals surface area contributed by atoms with Crippen LogP contribution < -0.4 is 0 Å². The molecule has 0 aromatic carbocycles. The highest BCUT2D eigenvalue weighted by Crippen LogP contribution is 2.22. The van der Waals surface area contributed by atoms with Crippen LogP contribution in [0.3, 0.4) is 0 Å². The van der Waals surface area contributed by atoms with Crippen molar-refractivity contribution < 1.29 is 19.1 Å². The number of hydrogen-bond donors (Lipinski definition) is 0. The molecule has 0 saturated heterocycles. The van der Waals surface area contributed by atoms with E-state index in [1.807, 2.05) is 0 Å². The molecule has 0 spiro atoms. The van der Waals surface area contributed by atoms with E-state index in [1.165, 1.54) is 244 Å². The second kappa shape index (κ2) is 50.6. The molecular weight excluding hydrogens is 737 g/mol. The van der Waals surface area contributed by atoms with E-state index in [-0.39, 0.29) is 18.0 Å². The van der Waals surface area contributed by atoms with Gasteiger partial charge in [0.1, 0.15) is 6.10 Å². The third-order valence-electron chi connectivity index (χ3n) is 13.2. The second-order valence-corrected chi connectivity index (χ2v) is 19.4. The lowest BCUT2D eigenvalue weighted by atomic mass is 9.94. The van der Waals surface area contributed by atoms with E-state index < -0.39 is 0 Å². The van der Waals surface area contributed by atoms with Gasteiger partial charge in [-0.2, -0.15) is 0 Å². The van der Waals surface area contributed by atoms with Crippen LogP contribution in [0.2, 0.25) is 0 Å². The number of carbonyl (C=O) groups excluding carboxylic acids is 2. The minimum atomic E-state index is 0.0265. The van der Waals surface area contributed by atoms with Crippen LogP contribution in [-0.2, 0) is 19.1 Å². The van der Waals surface area contributed by atoms with Gasteiger partial charge in [-0.05, 0) is 57.3 Å². The minimum Gasteiger partial charge on any atom is -0.465 e. The molecule has 0 heterocycles. The van der Waals surface area contributed by atoms with Gasteiger partial charge in [0.2, 0.25) is 0 Å². The van der Waals surface area contributed by atoms with Crippen molar-refractivity contribution in [1.29, 1.82) is 0 Å². The van der Waals surface area contributed by atoms with E-state index >= 15 is 0 Å². The van der Waals surface area contributed by atoms with E-state index in [0.717, 1.165) is 44.9 Å². The Hall–Kier alpha value is -1.06. The molecule has 0 aliphatic rings. The number of rotatable bonds is 51. The van der Waals surface area contributed by atoms with Crippen molar-refractivity contribution >= 4 is 11.9 Å². The first-order chi connectivity index (χ1) is 29.6. The molecule has 0 bridgehead atoms. The summed E-state index contributed by atoms with van der Waals surface area (Å²) >= 11 is 0. The van der Waals surface area contributed by atoms with Gasteiger partial charge in [0, 0.05) is 12.8 Å². The molecule has 0 aromatic rings. The number of ether oxygens (including phenoxy) is 2. The molecule has 0 aliphatic heterocycles. The Kier molecular flexibility index (Phi) is 49.7. The molecule has 0 N–H and O–H groups in total. The smallest absolute Gasteiger partial charge is 0.306 e. The summed E-state index contributed by atoms with van der Waals surface area (Å²) in [6.45, 7) is 9.76. The maximum Gasteiger partial charge on any atom is 0.306 e. The summed E-state index contributed by atoms with van der Waals surface area (Å²) in [5.41, 5.74) is 0. The lowest BCUT2D eigenvalue weighted by molar-refractivity contribution is -0.150. The normalized spacial score (nSPS) is 12.5. The first-order valence-electron chi connectivity index (χ1n) is 27.9. The molecule has 0 saturated carbocycles. The van der Waals surface area contributed by atoms with Gasteiger partial charge in [-0.1, -0.05) is 265 Å². The zero-order valence-electron chi connectivity index (χ0n) is 41.7. The molecule has 0 rings (SSSR count). The molecule has 2 atom stereocenters. The number of unbranched alkanes of at least 4 members (excludes halogenated alkanes) is 36. The van der Waals surface area contributed by atoms with E-state index in [1.54, 1.807) is 0 Å². The van der Waals surface area contributed by atoms with E-state index in [9.17, 15) is 9.59 Å². The Balaban J connectivity index is 4.08. The fraction of sp³-hybridized carbons (Fsp3) is 0.964. The molecular formula is C56H110O4. The van der Waals surface area contributed by atoms with Gasteiger partial charge >= 0.3 is 11.9 Å². The van der Waals surface area contributed by atoms with Crippen LogP contribution in [0, 0.1) is 5.92 Å². The zero-order valence-corrected chi connectivity index (χ0v) is 41.7. The van der Waals surface area contributed by atoms with E-state index in [0.29, 0.717) is 25.4 Å². The summed E-state index contributed by atoms with van der Waals surface area (Å²) in [7, 11) is 0. The van der Waals surface area contributed by atoms with Crippen molar-refractivity contribution in [2.75, 3.05) is 6.61 Å². The first-order valence-corrected chi connectivity index (χ1v) is 27.9. The van der Waals surface area contributed by atoms with Crippen LogP contribution in [0.5, 0.6) is 0 Å². The highest BCUT2D eigenvalue weighted by Gasteiger charge is 2.15. The van der Waals surface area contributed by atoms with Crippen LogP contribution in [0.25, 0.3) is 0 Å². The van der Waals surface area contributed by atoms with Crippen molar-refractivity contribution in [3.05, 3.63) is 0 Å². The monoisotopic (exact) mass is 847 g/mol. The highest BCUT2D eigenvalue weighted by molar-refractivity contribution is 5.69. The van der Waals surface area contributed by atoms with Crippen molar-refractivity contribution in [2.24, 2.45) is 5.92 Å². The Morgan fingerprint density at radius 3 is 0.883 bits per heavy atom. The van der Waals surface area contributed by atoms with Crippen molar-refractivity contribution in [2.45, 2.75) is 336 Å². The number of carbonyl (C=O) groups is 2. The molecule has 0 radical (unpaired) electrons. The maximum atomic E-state index is 12.8. The van der Waals surface area contributed by atoms with Gasteiger partial charge in [0.05, 0.1) is 6.61 Å². The summed E-state index contributed by atoms with van der Waals surface area (Å²) in [5.74, 6) is 0.617. The molecule has 358 valence electrons. The van der Waals surface area contributed by atoms with Gasteiger partial charge < -0.3 is 9.47 Å².